The number of nitrogens with zero attached hydrogens (tertiary/aromatic N) is 3. The highest BCUT2D eigenvalue weighted by atomic mass is 35.5. The second kappa shape index (κ2) is 11.8. The van der Waals surface area contributed by atoms with Crippen molar-refractivity contribution < 1.29 is 24.2 Å². The van der Waals surface area contributed by atoms with E-state index >= 15 is 0 Å². The highest BCUT2D eigenvalue weighted by molar-refractivity contribution is 6.30. The first-order valence-corrected chi connectivity index (χ1v) is 15.9. The Labute approximate surface area is 263 Å². The number of fused-ring (bicyclic) bond motifs is 2. The molecule has 0 bridgehead atoms. The summed E-state index contributed by atoms with van der Waals surface area (Å²) in [4.78, 5) is 49.2. The maximum atomic E-state index is 14.8. The fourth-order valence-corrected chi connectivity index (χ4v) is 7.89. The quantitative estimate of drug-likeness (QED) is 0.437. The number of aliphatic hydroxyl groups is 1. The summed E-state index contributed by atoms with van der Waals surface area (Å²) in [6.07, 6.45) is 8.58. The number of benzene rings is 2. The molecule has 0 radical (unpaired) electrons. The van der Waals surface area contributed by atoms with Crippen molar-refractivity contribution in [3.05, 3.63) is 89.5 Å². The Kier molecular flexibility index (Phi) is 8.20. The molecule has 1 unspecified atom stereocenters. The van der Waals surface area contributed by atoms with Crippen LogP contribution in [0.4, 0.5) is 5.69 Å². The average Bonchev–Trinajstić information content (AvgIpc) is 3.32. The third kappa shape index (κ3) is 4.88. The number of halogens is 1. The summed E-state index contributed by atoms with van der Waals surface area (Å²) in [6.45, 7) is 6.75. The fourth-order valence-electron chi connectivity index (χ4n) is 7.76. The van der Waals surface area contributed by atoms with Crippen molar-refractivity contribution in [3.8, 4) is 0 Å². The number of rotatable bonds is 8. The highest BCUT2D eigenvalue weighted by Gasteiger charge is 2.76. The number of carbonyl (C=O) groups is 3. The molecular formula is C35H40ClN3O5. The van der Waals surface area contributed by atoms with Gasteiger partial charge in [0.2, 0.25) is 11.8 Å². The molecule has 1 spiro atoms. The van der Waals surface area contributed by atoms with Crippen LogP contribution < -0.4 is 4.90 Å². The van der Waals surface area contributed by atoms with Crippen LogP contribution in [0.15, 0.2) is 78.9 Å². The minimum absolute atomic E-state index is 0.152. The first-order valence-electron chi connectivity index (χ1n) is 15.5. The maximum absolute atomic E-state index is 14.8. The third-order valence-electron chi connectivity index (χ3n) is 9.66. The van der Waals surface area contributed by atoms with Crippen molar-refractivity contribution in [2.45, 2.75) is 63.4 Å². The molecule has 4 heterocycles. The topological polar surface area (TPSA) is 90.4 Å². The number of ether oxygens (including phenoxy) is 1. The van der Waals surface area contributed by atoms with Crippen LogP contribution in [0.25, 0.3) is 0 Å². The van der Waals surface area contributed by atoms with Crippen LogP contribution in [0.1, 0.15) is 39.2 Å². The molecule has 232 valence electrons. The minimum atomic E-state index is -1.39. The molecule has 2 aromatic carbocycles. The molecular weight excluding hydrogens is 578 g/mol. The van der Waals surface area contributed by atoms with Crippen molar-refractivity contribution in [3.63, 3.8) is 0 Å². The third-order valence-corrected chi connectivity index (χ3v) is 9.92. The Morgan fingerprint density at radius 3 is 2.30 bits per heavy atom. The highest BCUT2D eigenvalue weighted by Crippen LogP contribution is 2.59. The molecule has 1 N–H and O–H groups in total. The molecule has 9 heteroatoms. The lowest BCUT2D eigenvalue weighted by Crippen LogP contribution is -2.59. The van der Waals surface area contributed by atoms with Gasteiger partial charge in [-0.2, -0.15) is 0 Å². The molecule has 4 aliphatic rings. The molecule has 4 aliphatic heterocycles. The summed E-state index contributed by atoms with van der Waals surface area (Å²) >= 11 is 6.16. The summed E-state index contributed by atoms with van der Waals surface area (Å²) < 4.78 is 7.09. The van der Waals surface area contributed by atoms with Gasteiger partial charge in [-0.15, -0.1) is 0 Å². The van der Waals surface area contributed by atoms with E-state index in [2.05, 4.69) is 0 Å². The van der Waals surface area contributed by atoms with Gasteiger partial charge in [0.05, 0.1) is 30.1 Å². The largest absolute Gasteiger partial charge is 0.394 e. The van der Waals surface area contributed by atoms with E-state index in [1.165, 1.54) is 0 Å². The van der Waals surface area contributed by atoms with Gasteiger partial charge in [-0.3, -0.25) is 14.4 Å². The van der Waals surface area contributed by atoms with Crippen LogP contribution in [0.5, 0.6) is 0 Å². The summed E-state index contributed by atoms with van der Waals surface area (Å²) in [5, 5.41) is 11.2. The zero-order valence-electron chi connectivity index (χ0n) is 25.4. The standard InChI is InChI=1S/C35H40ClN3O5/c1-4-34-16-8-18-37(21-24-10-6-5-7-11-24)31(41)28(34)29-32(42)39(27(22-40)20-23(2)3)30-33(43)38(19-9-17-35(29,30)44-34)26-14-12-25(36)13-15-26/h5-17,23,27-30,40H,4,18-22H2,1-3H3/t27-,28+,29+,30?,34-,35+/m1/s1. The van der Waals surface area contributed by atoms with Gasteiger partial charge in [-0.25, -0.2) is 0 Å². The van der Waals surface area contributed by atoms with E-state index in [-0.39, 0.29) is 36.8 Å². The number of amides is 3. The van der Waals surface area contributed by atoms with Crippen molar-refractivity contribution >= 4 is 35.0 Å². The second-order valence-corrected chi connectivity index (χ2v) is 13.2. The molecule has 44 heavy (non-hydrogen) atoms. The first kappa shape index (κ1) is 30.6. The summed E-state index contributed by atoms with van der Waals surface area (Å²) in [7, 11) is 0. The maximum Gasteiger partial charge on any atom is 0.253 e. The molecule has 0 aromatic heterocycles. The summed E-state index contributed by atoms with van der Waals surface area (Å²) in [5.41, 5.74) is -0.829. The Morgan fingerprint density at radius 2 is 1.64 bits per heavy atom. The average molecular weight is 618 g/mol. The van der Waals surface area contributed by atoms with E-state index in [1.807, 2.05) is 75.4 Å². The number of likely N-dealkylation sites (tertiary alicyclic amines) is 1. The fraction of sp³-hybridized carbons (Fsp3) is 0.457. The summed E-state index contributed by atoms with van der Waals surface area (Å²) in [5.74, 6) is -2.43. The molecule has 6 rings (SSSR count). The number of aliphatic hydroxyl groups excluding tert-OH is 1. The van der Waals surface area contributed by atoms with Crippen molar-refractivity contribution in [2.75, 3.05) is 24.6 Å². The van der Waals surface area contributed by atoms with E-state index in [4.69, 9.17) is 16.3 Å². The van der Waals surface area contributed by atoms with Gasteiger partial charge in [0.25, 0.3) is 5.91 Å². The zero-order valence-corrected chi connectivity index (χ0v) is 26.2. The molecule has 3 amide bonds. The van der Waals surface area contributed by atoms with Gasteiger partial charge in [-0.1, -0.05) is 87.0 Å². The number of hydrogen-bond acceptors (Lipinski definition) is 5. The van der Waals surface area contributed by atoms with Crippen molar-refractivity contribution in [2.24, 2.45) is 17.8 Å². The van der Waals surface area contributed by atoms with E-state index in [1.54, 1.807) is 39.0 Å². The van der Waals surface area contributed by atoms with Gasteiger partial charge < -0.3 is 24.5 Å². The molecule has 0 aliphatic carbocycles. The van der Waals surface area contributed by atoms with E-state index in [0.717, 1.165) is 5.56 Å². The number of hydrogen-bond donors (Lipinski definition) is 1. The lowest BCUT2D eigenvalue weighted by atomic mass is 9.73. The van der Waals surface area contributed by atoms with Crippen molar-refractivity contribution in [1.29, 1.82) is 0 Å². The summed E-state index contributed by atoms with van der Waals surface area (Å²) in [6, 6.07) is 15.1. The lowest BCUT2D eigenvalue weighted by Gasteiger charge is -2.41. The Balaban J connectivity index is 1.48. The predicted molar refractivity (Wildman–Crippen MR) is 169 cm³/mol. The SMILES string of the molecule is CC[C@@]12C=CCN(Cc3ccccc3)C(=O)[C@@H]1[C@H]1C(=O)N([C@@H](CO)CC(C)C)C3C(=O)N(c4ccc(Cl)cc4)CC=C[C@@]31O2. The normalized spacial score (nSPS) is 30.4. The molecule has 0 saturated carbocycles. The van der Waals surface area contributed by atoms with Crippen molar-refractivity contribution in [1.82, 2.24) is 9.80 Å². The van der Waals surface area contributed by atoms with E-state index in [9.17, 15) is 19.5 Å². The first-order chi connectivity index (χ1) is 21.2. The van der Waals surface area contributed by atoms with Gasteiger partial charge in [0.15, 0.2) is 0 Å². The van der Waals surface area contributed by atoms with Gasteiger partial charge in [-0.05, 0) is 48.6 Å². The van der Waals surface area contributed by atoms with Gasteiger partial charge in [0.1, 0.15) is 11.6 Å². The molecule has 2 saturated heterocycles. The second-order valence-electron chi connectivity index (χ2n) is 12.8. The molecule has 2 fully saturated rings. The molecule has 2 aromatic rings. The Bertz CT molecular complexity index is 1480. The van der Waals surface area contributed by atoms with Crippen LogP contribution in [0.3, 0.4) is 0 Å². The van der Waals surface area contributed by atoms with Gasteiger partial charge in [0, 0.05) is 30.3 Å². The smallest absolute Gasteiger partial charge is 0.253 e. The lowest BCUT2D eigenvalue weighted by molar-refractivity contribution is -0.153. The molecule has 8 nitrogen and oxygen atoms in total. The van der Waals surface area contributed by atoms with E-state index < -0.39 is 35.1 Å². The Morgan fingerprint density at radius 1 is 0.932 bits per heavy atom. The molecule has 6 atom stereocenters. The number of carbonyl (C=O) groups excluding carboxylic acids is 3. The van der Waals surface area contributed by atoms with Crippen LogP contribution in [-0.4, -0.2) is 75.6 Å². The van der Waals surface area contributed by atoms with E-state index in [0.29, 0.717) is 36.6 Å². The van der Waals surface area contributed by atoms with Crippen LogP contribution in [-0.2, 0) is 25.7 Å². The zero-order chi connectivity index (χ0) is 31.2. The Hall–Kier alpha value is -3.46. The van der Waals surface area contributed by atoms with Crippen LogP contribution in [0, 0.1) is 17.8 Å². The monoisotopic (exact) mass is 617 g/mol. The number of anilines is 1. The minimum Gasteiger partial charge on any atom is -0.394 e. The van der Waals surface area contributed by atoms with Crippen LogP contribution >= 0.6 is 11.6 Å². The van der Waals surface area contributed by atoms with Crippen LogP contribution in [0.2, 0.25) is 5.02 Å². The van der Waals surface area contributed by atoms with Gasteiger partial charge >= 0.3 is 0 Å². The predicted octanol–water partition coefficient (Wildman–Crippen LogP) is 4.61.